The zero-order valence-electron chi connectivity index (χ0n) is 13.1. The van der Waals surface area contributed by atoms with Crippen LogP contribution in [0.2, 0.25) is 0 Å². The third-order valence-electron chi connectivity index (χ3n) is 4.28. The number of pyridine rings is 1. The van der Waals surface area contributed by atoms with E-state index in [1.807, 2.05) is 0 Å². The van der Waals surface area contributed by atoms with Crippen LogP contribution in [0, 0.1) is 11.3 Å². The molecule has 1 fully saturated rings. The molecule has 134 valence electrons. The lowest BCUT2D eigenvalue weighted by molar-refractivity contribution is -0.140. The van der Waals surface area contributed by atoms with E-state index < -0.39 is 12.7 Å². The normalized spacial score (nSPS) is 21.3. The highest BCUT2D eigenvalue weighted by atomic mass is 79.9. The Kier molecular flexibility index (Phi) is 4.88. The van der Waals surface area contributed by atoms with Gasteiger partial charge in [-0.2, -0.15) is 18.4 Å². The number of fused-ring (bicyclic) bond motifs is 1. The molecule has 0 unspecified atom stereocenters. The lowest BCUT2D eigenvalue weighted by atomic mass is 9.92. The van der Waals surface area contributed by atoms with Crippen LogP contribution in [-0.4, -0.2) is 32.8 Å². The van der Waals surface area contributed by atoms with E-state index in [-0.39, 0.29) is 28.9 Å². The number of nitrogens with zero attached hydrogens (tertiary/aromatic N) is 4. The molecule has 1 aliphatic carbocycles. The molecule has 0 spiro atoms. The number of anilines is 1. The van der Waals surface area contributed by atoms with Gasteiger partial charge in [0.05, 0.1) is 16.2 Å². The van der Waals surface area contributed by atoms with Crippen molar-refractivity contribution in [3.63, 3.8) is 0 Å². The van der Waals surface area contributed by atoms with Gasteiger partial charge in [-0.3, -0.25) is 0 Å². The molecule has 0 radical (unpaired) electrons. The van der Waals surface area contributed by atoms with E-state index in [2.05, 4.69) is 31.2 Å². The number of rotatable bonds is 3. The molecule has 1 aliphatic rings. The molecule has 6 nitrogen and oxygen atoms in total. The summed E-state index contributed by atoms with van der Waals surface area (Å²) < 4.78 is 39.9. The first-order valence-electron chi connectivity index (χ1n) is 7.82. The van der Waals surface area contributed by atoms with E-state index in [1.54, 1.807) is 6.07 Å². The topological polar surface area (TPSA) is 92.6 Å². The minimum Gasteiger partial charge on any atom is -0.366 e. The van der Waals surface area contributed by atoms with Crippen molar-refractivity contribution in [3.05, 3.63) is 16.5 Å². The standard InChI is InChI=1S/C15H16BrF3N6/c16-12-13-10(24-11(5-20)25(13)7-15(17,18)19)6-22-14(12)23-9-3-1-8(21)2-4-9/h6,8-9H,1-4,7,21H2,(H,22,23). The van der Waals surface area contributed by atoms with Gasteiger partial charge in [-0.1, -0.05) is 0 Å². The van der Waals surface area contributed by atoms with E-state index in [1.165, 1.54) is 6.20 Å². The second-order valence-electron chi connectivity index (χ2n) is 6.16. The Morgan fingerprint density at radius 2 is 2.04 bits per heavy atom. The minimum atomic E-state index is -4.46. The number of nitrogens with two attached hydrogens (primary N) is 1. The monoisotopic (exact) mass is 416 g/mol. The maximum absolute atomic E-state index is 12.9. The lowest BCUT2D eigenvalue weighted by Gasteiger charge is -2.27. The Labute approximate surface area is 150 Å². The van der Waals surface area contributed by atoms with Gasteiger partial charge >= 0.3 is 6.18 Å². The second-order valence-corrected chi connectivity index (χ2v) is 6.95. The van der Waals surface area contributed by atoms with Crippen LogP contribution in [-0.2, 0) is 6.54 Å². The number of hydrogen-bond donors (Lipinski definition) is 2. The number of halogens is 4. The molecule has 0 saturated heterocycles. The molecule has 0 bridgehead atoms. The van der Waals surface area contributed by atoms with Gasteiger partial charge in [0.25, 0.3) is 0 Å². The smallest absolute Gasteiger partial charge is 0.366 e. The molecule has 25 heavy (non-hydrogen) atoms. The fraction of sp³-hybridized carbons (Fsp3) is 0.533. The summed E-state index contributed by atoms with van der Waals surface area (Å²) in [4.78, 5) is 8.19. The summed E-state index contributed by atoms with van der Waals surface area (Å²) in [5.41, 5.74) is 6.34. The van der Waals surface area contributed by atoms with Gasteiger partial charge < -0.3 is 15.6 Å². The van der Waals surface area contributed by atoms with E-state index >= 15 is 0 Å². The van der Waals surface area contributed by atoms with Crippen molar-refractivity contribution >= 4 is 32.8 Å². The highest BCUT2D eigenvalue weighted by molar-refractivity contribution is 9.10. The van der Waals surface area contributed by atoms with Gasteiger partial charge in [0, 0.05) is 12.1 Å². The van der Waals surface area contributed by atoms with Crippen molar-refractivity contribution in [3.8, 4) is 6.07 Å². The largest absolute Gasteiger partial charge is 0.406 e. The van der Waals surface area contributed by atoms with Crippen LogP contribution < -0.4 is 11.1 Å². The van der Waals surface area contributed by atoms with E-state index in [0.717, 1.165) is 30.3 Å². The highest BCUT2D eigenvalue weighted by Gasteiger charge is 2.31. The molecule has 2 aromatic heterocycles. The Bertz CT molecular complexity index is 817. The Morgan fingerprint density at radius 3 is 2.64 bits per heavy atom. The predicted octanol–water partition coefficient (Wildman–Crippen LogP) is 3.31. The molecule has 3 rings (SSSR count). The van der Waals surface area contributed by atoms with Crippen LogP contribution in [0.25, 0.3) is 11.0 Å². The van der Waals surface area contributed by atoms with E-state index in [0.29, 0.717) is 10.3 Å². The first-order chi connectivity index (χ1) is 11.8. The fourth-order valence-electron chi connectivity index (χ4n) is 3.06. The van der Waals surface area contributed by atoms with Crippen LogP contribution in [0.15, 0.2) is 10.7 Å². The number of nitrogens with one attached hydrogen (secondary N) is 1. The Hall–Kier alpha value is -1.86. The molecule has 0 aliphatic heterocycles. The zero-order valence-corrected chi connectivity index (χ0v) is 14.7. The van der Waals surface area contributed by atoms with Crippen LogP contribution in [0.3, 0.4) is 0 Å². The van der Waals surface area contributed by atoms with Crippen LogP contribution in [0.5, 0.6) is 0 Å². The average Bonchev–Trinajstić information content (AvgIpc) is 2.89. The van der Waals surface area contributed by atoms with E-state index in [4.69, 9.17) is 11.0 Å². The fourth-order valence-corrected chi connectivity index (χ4v) is 3.70. The van der Waals surface area contributed by atoms with Gasteiger partial charge in [-0.05, 0) is 41.6 Å². The number of nitriles is 1. The van der Waals surface area contributed by atoms with Crippen molar-refractivity contribution < 1.29 is 13.2 Å². The maximum atomic E-state index is 12.9. The average molecular weight is 417 g/mol. The molecule has 3 N–H and O–H groups in total. The van der Waals surface area contributed by atoms with Crippen molar-refractivity contribution in [2.24, 2.45) is 5.73 Å². The van der Waals surface area contributed by atoms with Crippen molar-refractivity contribution in [1.82, 2.24) is 14.5 Å². The highest BCUT2D eigenvalue weighted by Crippen LogP contribution is 2.33. The molecule has 0 atom stereocenters. The van der Waals surface area contributed by atoms with E-state index in [9.17, 15) is 13.2 Å². The quantitative estimate of drug-likeness (QED) is 0.800. The third kappa shape index (κ3) is 3.88. The van der Waals surface area contributed by atoms with Crippen molar-refractivity contribution in [1.29, 1.82) is 5.26 Å². The zero-order chi connectivity index (χ0) is 18.2. The molecule has 2 aromatic rings. The van der Waals surface area contributed by atoms with Gasteiger partial charge in [-0.15, -0.1) is 0 Å². The van der Waals surface area contributed by atoms with Gasteiger partial charge in [-0.25, -0.2) is 9.97 Å². The summed E-state index contributed by atoms with van der Waals surface area (Å²) in [5.74, 6) is 0.149. The molecule has 0 aromatic carbocycles. The first kappa shape index (κ1) is 17.9. The Morgan fingerprint density at radius 1 is 1.36 bits per heavy atom. The van der Waals surface area contributed by atoms with Crippen molar-refractivity contribution in [2.75, 3.05) is 5.32 Å². The molecule has 2 heterocycles. The summed E-state index contributed by atoms with van der Waals surface area (Å²) in [6, 6.07) is 2.07. The summed E-state index contributed by atoms with van der Waals surface area (Å²) in [5, 5.41) is 12.4. The lowest BCUT2D eigenvalue weighted by Crippen LogP contribution is -2.33. The van der Waals surface area contributed by atoms with Crippen LogP contribution >= 0.6 is 15.9 Å². The molecular weight excluding hydrogens is 401 g/mol. The number of hydrogen-bond acceptors (Lipinski definition) is 5. The molecule has 1 saturated carbocycles. The molecular formula is C15H16BrF3N6. The van der Waals surface area contributed by atoms with Crippen LogP contribution in [0.1, 0.15) is 31.5 Å². The Balaban J connectivity index is 1.98. The summed E-state index contributed by atoms with van der Waals surface area (Å²) in [6.45, 7) is -1.28. The minimum absolute atomic E-state index is 0.162. The SMILES string of the molecule is N#Cc1nc2cnc(NC3CCC(N)CC3)c(Br)c2n1CC(F)(F)F. The number of aromatic nitrogens is 3. The number of alkyl halides is 3. The summed E-state index contributed by atoms with van der Waals surface area (Å²) in [7, 11) is 0. The van der Waals surface area contributed by atoms with Crippen molar-refractivity contribution in [2.45, 2.75) is 50.5 Å². The number of imidazole rings is 1. The summed E-state index contributed by atoms with van der Waals surface area (Å²) >= 11 is 3.33. The van der Waals surface area contributed by atoms with Crippen LogP contribution in [0.4, 0.5) is 19.0 Å². The first-order valence-corrected chi connectivity index (χ1v) is 8.61. The van der Waals surface area contributed by atoms with Gasteiger partial charge in [0.15, 0.2) is 0 Å². The summed E-state index contributed by atoms with van der Waals surface area (Å²) in [6.07, 6.45) is 0.446. The van der Waals surface area contributed by atoms with Gasteiger partial charge in [0.1, 0.15) is 23.9 Å². The molecule has 0 amide bonds. The third-order valence-corrected chi connectivity index (χ3v) is 5.03. The molecule has 10 heteroatoms. The second kappa shape index (κ2) is 6.80. The maximum Gasteiger partial charge on any atom is 0.406 e. The van der Waals surface area contributed by atoms with Gasteiger partial charge in [0.2, 0.25) is 5.82 Å². The predicted molar refractivity (Wildman–Crippen MR) is 89.9 cm³/mol.